The number of carbonyl (C=O) groups is 1. The number of nitrogens with one attached hydrogen (secondary N) is 1. The van der Waals surface area contributed by atoms with Crippen LogP contribution in [0.1, 0.15) is 43.7 Å². The Balaban J connectivity index is 1.36. The van der Waals surface area contributed by atoms with E-state index in [9.17, 15) is 13.2 Å². The predicted octanol–water partition coefficient (Wildman–Crippen LogP) is 3.19. The van der Waals surface area contributed by atoms with Gasteiger partial charge in [0.25, 0.3) is 0 Å². The van der Waals surface area contributed by atoms with Gasteiger partial charge in [-0.05, 0) is 30.5 Å². The van der Waals surface area contributed by atoms with Gasteiger partial charge in [-0.25, -0.2) is 8.42 Å². The van der Waals surface area contributed by atoms with Crippen molar-refractivity contribution in [2.24, 2.45) is 0 Å². The van der Waals surface area contributed by atoms with Crippen molar-refractivity contribution in [1.29, 1.82) is 0 Å². The molecule has 1 aliphatic carbocycles. The molecule has 180 valence electrons. The molecular weight excluding hydrogens is 470 g/mol. The summed E-state index contributed by atoms with van der Waals surface area (Å²) in [6.07, 6.45) is 6.35. The molecule has 1 atom stereocenters. The van der Waals surface area contributed by atoms with E-state index >= 15 is 0 Å². The molecule has 2 aliphatic rings. The third kappa shape index (κ3) is 4.86. The first-order chi connectivity index (χ1) is 16.5. The summed E-state index contributed by atoms with van der Waals surface area (Å²) in [7, 11) is -4.02. The van der Waals surface area contributed by atoms with Crippen molar-refractivity contribution >= 4 is 38.7 Å². The molecule has 34 heavy (non-hydrogen) atoms. The molecule has 0 bridgehead atoms. The van der Waals surface area contributed by atoms with E-state index in [1.54, 1.807) is 29.2 Å². The maximum atomic E-state index is 13.7. The van der Waals surface area contributed by atoms with Crippen LogP contribution in [0.3, 0.4) is 0 Å². The molecule has 1 aromatic heterocycles. The molecular formula is C24H29N5O3S2. The molecule has 1 saturated carbocycles. The molecule has 0 unspecified atom stereocenters. The lowest BCUT2D eigenvalue weighted by Gasteiger charge is -2.41. The third-order valence-corrected chi connectivity index (χ3v) is 8.91. The zero-order valence-corrected chi connectivity index (χ0v) is 20.6. The fourth-order valence-electron chi connectivity index (χ4n) is 5.06. The standard InChI is InChI=1S/C24H29N5O3S2/c30-24(29-16-14-28(15-17-29)19-10-5-2-6-11-19)22(18-8-3-1-4-9-18)27-34(31,32)21-13-7-12-20-23(21)26-33-25-20/h1,3-4,7-9,12-13,19,22,27H,2,5-6,10-11,14-17H2/t22-/m0/s1. The number of aromatic nitrogens is 2. The summed E-state index contributed by atoms with van der Waals surface area (Å²) in [6, 6.07) is 13.5. The quantitative estimate of drug-likeness (QED) is 0.560. The molecule has 1 saturated heterocycles. The number of hydrogen-bond donors (Lipinski definition) is 1. The van der Waals surface area contributed by atoms with Crippen LogP contribution in [0.15, 0.2) is 53.4 Å². The van der Waals surface area contributed by atoms with Gasteiger partial charge in [-0.3, -0.25) is 9.69 Å². The summed E-state index contributed by atoms with van der Waals surface area (Å²) in [6.45, 7) is 2.86. The van der Waals surface area contributed by atoms with Gasteiger partial charge in [-0.15, -0.1) is 0 Å². The molecule has 1 amide bonds. The minimum Gasteiger partial charge on any atom is -0.338 e. The van der Waals surface area contributed by atoms with Crippen molar-refractivity contribution in [3.05, 3.63) is 54.1 Å². The van der Waals surface area contributed by atoms with Gasteiger partial charge >= 0.3 is 0 Å². The van der Waals surface area contributed by atoms with Gasteiger partial charge in [0.05, 0.1) is 11.7 Å². The van der Waals surface area contributed by atoms with Gasteiger partial charge < -0.3 is 4.90 Å². The van der Waals surface area contributed by atoms with E-state index in [0.29, 0.717) is 35.7 Å². The van der Waals surface area contributed by atoms with E-state index in [1.807, 2.05) is 18.2 Å². The van der Waals surface area contributed by atoms with Crippen LogP contribution in [-0.2, 0) is 14.8 Å². The van der Waals surface area contributed by atoms with E-state index in [2.05, 4.69) is 18.4 Å². The minimum absolute atomic E-state index is 0.0367. The minimum atomic E-state index is -4.02. The fourth-order valence-corrected chi connectivity index (χ4v) is 7.00. The molecule has 8 nitrogen and oxygen atoms in total. The number of carbonyl (C=O) groups excluding carboxylic acids is 1. The van der Waals surface area contributed by atoms with Crippen molar-refractivity contribution in [3.63, 3.8) is 0 Å². The summed E-state index contributed by atoms with van der Waals surface area (Å²) in [5.74, 6) is -0.221. The first kappa shape index (κ1) is 23.3. The second kappa shape index (κ2) is 10.1. The summed E-state index contributed by atoms with van der Waals surface area (Å²) in [5, 5.41) is 0. The van der Waals surface area contributed by atoms with Gasteiger partial charge in [0.2, 0.25) is 15.9 Å². The topological polar surface area (TPSA) is 95.5 Å². The van der Waals surface area contributed by atoms with Crippen LogP contribution in [-0.4, -0.2) is 65.1 Å². The SMILES string of the molecule is O=C([C@@H](NS(=O)(=O)c1cccc2nsnc12)c1ccccc1)N1CCN(C2CCCCC2)CC1. The first-order valence-electron chi connectivity index (χ1n) is 11.8. The average Bonchev–Trinajstić information content (AvgIpc) is 3.37. The number of sulfonamides is 1. The lowest BCUT2D eigenvalue weighted by Crippen LogP contribution is -2.54. The summed E-state index contributed by atoms with van der Waals surface area (Å²) in [5.41, 5.74) is 1.46. The number of benzene rings is 2. The van der Waals surface area contributed by atoms with Gasteiger partial charge in [0, 0.05) is 32.2 Å². The van der Waals surface area contributed by atoms with E-state index in [-0.39, 0.29) is 10.8 Å². The number of hydrogen-bond acceptors (Lipinski definition) is 7. The highest BCUT2D eigenvalue weighted by Crippen LogP contribution is 2.27. The van der Waals surface area contributed by atoms with Crippen molar-refractivity contribution in [3.8, 4) is 0 Å². The molecule has 0 spiro atoms. The normalized spacial score (nSPS) is 19.4. The summed E-state index contributed by atoms with van der Waals surface area (Å²) in [4.78, 5) is 18.0. The third-order valence-electron chi connectivity index (χ3n) is 6.91. The van der Waals surface area contributed by atoms with E-state index in [1.165, 1.54) is 38.2 Å². The number of fused-ring (bicyclic) bond motifs is 1. The Kier molecular flexibility index (Phi) is 6.91. The molecule has 1 N–H and O–H groups in total. The van der Waals surface area contributed by atoms with Gasteiger partial charge in [-0.1, -0.05) is 55.7 Å². The lowest BCUT2D eigenvalue weighted by molar-refractivity contribution is -0.135. The maximum absolute atomic E-state index is 13.7. The van der Waals surface area contributed by atoms with Crippen LogP contribution in [0.2, 0.25) is 0 Å². The van der Waals surface area contributed by atoms with Crippen molar-refractivity contribution < 1.29 is 13.2 Å². The highest BCUT2D eigenvalue weighted by molar-refractivity contribution is 7.89. The van der Waals surface area contributed by atoms with Crippen LogP contribution in [0, 0.1) is 0 Å². The Bertz CT molecular complexity index is 1230. The predicted molar refractivity (Wildman–Crippen MR) is 132 cm³/mol. The highest BCUT2D eigenvalue weighted by atomic mass is 32.2. The van der Waals surface area contributed by atoms with Gasteiger partial charge in [0.15, 0.2) is 0 Å². The zero-order valence-electron chi connectivity index (χ0n) is 19.0. The van der Waals surface area contributed by atoms with Crippen LogP contribution in [0.4, 0.5) is 0 Å². The lowest BCUT2D eigenvalue weighted by atomic mass is 9.94. The number of amides is 1. The Morgan fingerprint density at radius 3 is 2.41 bits per heavy atom. The largest absolute Gasteiger partial charge is 0.338 e. The van der Waals surface area contributed by atoms with Crippen LogP contribution in [0.5, 0.6) is 0 Å². The molecule has 5 rings (SSSR count). The smallest absolute Gasteiger partial charge is 0.245 e. The first-order valence-corrected chi connectivity index (χ1v) is 14.1. The van der Waals surface area contributed by atoms with Crippen molar-refractivity contribution in [1.82, 2.24) is 23.3 Å². The van der Waals surface area contributed by atoms with Gasteiger partial charge in [0.1, 0.15) is 22.0 Å². The van der Waals surface area contributed by atoms with E-state index in [4.69, 9.17) is 0 Å². The molecule has 0 radical (unpaired) electrons. The maximum Gasteiger partial charge on any atom is 0.245 e. The Hall–Kier alpha value is -2.40. The van der Waals surface area contributed by atoms with E-state index < -0.39 is 16.1 Å². The van der Waals surface area contributed by atoms with Crippen LogP contribution in [0.25, 0.3) is 11.0 Å². The Morgan fingerprint density at radius 2 is 1.68 bits per heavy atom. The van der Waals surface area contributed by atoms with Crippen molar-refractivity contribution in [2.45, 2.75) is 49.1 Å². The van der Waals surface area contributed by atoms with Crippen molar-refractivity contribution in [2.75, 3.05) is 26.2 Å². The average molecular weight is 500 g/mol. The molecule has 2 fully saturated rings. The van der Waals surface area contributed by atoms with E-state index in [0.717, 1.165) is 24.8 Å². The monoisotopic (exact) mass is 499 g/mol. The Labute approximate surface area is 204 Å². The van der Waals surface area contributed by atoms with Gasteiger partial charge in [-0.2, -0.15) is 13.5 Å². The number of rotatable bonds is 6. The summed E-state index contributed by atoms with van der Waals surface area (Å²) < 4.78 is 37.8. The molecule has 2 aromatic carbocycles. The molecule has 3 aromatic rings. The number of nitrogens with zero attached hydrogens (tertiary/aromatic N) is 4. The molecule has 10 heteroatoms. The van der Waals surface area contributed by atoms with Crippen LogP contribution < -0.4 is 4.72 Å². The highest BCUT2D eigenvalue weighted by Gasteiger charge is 2.34. The fraction of sp³-hybridized carbons (Fsp3) is 0.458. The molecule has 1 aliphatic heterocycles. The Morgan fingerprint density at radius 1 is 0.941 bits per heavy atom. The zero-order chi connectivity index (χ0) is 23.5. The second-order valence-corrected chi connectivity index (χ2v) is 11.2. The second-order valence-electron chi connectivity index (χ2n) is 9.01. The number of piperazine rings is 1. The van der Waals surface area contributed by atoms with Crippen LogP contribution >= 0.6 is 11.7 Å². The molecule has 2 heterocycles. The summed E-state index contributed by atoms with van der Waals surface area (Å²) >= 11 is 0.967.